The monoisotopic (exact) mass is 362 g/mol. The standard InChI is InChI=1S/C20H27ClN2O2/c21-17-9-7-16(8-10-17)20(11-1-2-12-20)14-23-18(24)4-3-13-22-19(25)15-5-6-15/h7-10,15H,1-6,11-14H2,(H,22,25)(H,23,24). The molecule has 0 aliphatic heterocycles. The van der Waals surface area contributed by atoms with E-state index in [0.29, 0.717) is 25.9 Å². The summed E-state index contributed by atoms with van der Waals surface area (Å²) in [5.41, 5.74) is 1.31. The number of halogens is 1. The maximum absolute atomic E-state index is 12.2. The average Bonchev–Trinajstić information content (AvgIpc) is 3.36. The second kappa shape index (κ2) is 8.22. The molecule has 0 saturated heterocycles. The average molecular weight is 363 g/mol. The molecular formula is C20H27ClN2O2. The minimum Gasteiger partial charge on any atom is -0.356 e. The van der Waals surface area contributed by atoms with Crippen LogP contribution in [0.15, 0.2) is 24.3 Å². The number of rotatable bonds is 8. The molecule has 0 radical (unpaired) electrons. The van der Waals surface area contributed by atoms with Crippen molar-refractivity contribution in [1.82, 2.24) is 10.6 Å². The number of hydrogen-bond donors (Lipinski definition) is 2. The molecule has 3 rings (SSSR count). The van der Waals surface area contributed by atoms with Crippen molar-refractivity contribution in [1.29, 1.82) is 0 Å². The summed E-state index contributed by atoms with van der Waals surface area (Å²) in [6.07, 6.45) is 7.79. The van der Waals surface area contributed by atoms with Gasteiger partial charge >= 0.3 is 0 Å². The van der Waals surface area contributed by atoms with Crippen molar-refractivity contribution in [3.63, 3.8) is 0 Å². The van der Waals surface area contributed by atoms with Crippen molar-refractivity contribution in [3.8, 4) is 0 Å². The van der Waals surface area contributed by atoms with Crippen LogP contribution in [0.2, 0.25) is 5.02 Å². The van der Waals surface area contributed by atoms with Gasteiger partial charge < -0.3 is 10.6 Å². The summed E-state index contributed by atoms with van der Waals surface area (Å²) in [5.74, 6) is 0.449. The number of hydrogen-bond acceptors (Lipinski definition) is 2. The molecule has 2 amide bonds. The van der Waals surface area contributed by atoms with Crippen LogP contribution in [0, 0.1) is 5.92 Å². The largest absolute Gasteiger partial charge is 0.356 e. The molecule has 0 aromatic heterocycles. The van der Waals surface area contributed by atoms with E-state index in [0.717, 1.165) is 30.7 Å². The Morgan fingerprint density at radius 3 is 2.40 bits per heavy atom. The van der Waals surface area contributed by atoms with Gasteiger partial charge in [-0.15, -0.1) is 0 Å². The zero-order valence-corrected chi connectivity index (χ0v) is 15.4. The number of benzene rings is 1. The summed E-state index contributed by atoms with van der Waals surface area (Å²) in [7, 11) is 0. The van der Waals surface area contributed by atoms with Gasteiger partial charge in [0.25, 0.3) is 0 Å². The molecule has 0 atom stereocenters. The Morgan fingerprint density at radius 1 is 1.08 bits per heavy atom. The highest BCUT2D eigenvalue weighted by Gasteiger charge is 2.35. The normalized spacial score (nSPS) is 18.8. The Labute approximate surface area is 154 Å². The van der Waals surface area contributed by atoms with Gasteiger partial charge in [-0.2, -0.15) is 0 Å². The number of nitrogens with one attached hydrogen (secondary N) is 2. The van der Waals surface area contributed by atoms with Gasteiger partial charge in [-0.3, -0.25) is 9.59 Å². The van der Waals surface area contributed by atoms with E-state index in [-0.39, 0.29) is 23.1 Å². The Hall–Kier alpha value is -1.55. The quantitative estimate of drug-likeness (QED) is 0.694. The molecule has 4 nitrogen and oxygen atoms in total. The highest BCUT2D eigenvalue weighted by atomic mass is 35.5. The van der Waals surface area contributed by atoms with E-state index >= 15 is 0 Å². The first-order valence-corrected chi connectivity index (χ1v) is 9.77. The molecule has 25 heavy (non-hydrogen) atoms. The SMILES string of the molecule is O=C(CCCNC(=O)C1CC1)NCC1(c2ccc(Cl)cc2)CCCC1. The first-order chi connectivity index (χ1) is 12.1. The predicted molar refractivity (Wildman–Crippen MR) is 99.6 cm³/mol. The van der Waals surface area contributed by atoms with Crippen LogP contribution in [-0.4, -0.2) is 24.9 Å². The van der Waals surface area contributed by atoms with Crippen LogP contribution in [0.25, 0.3) is 0 Å². The van der Waals surface area contributed by atoms with Crippen molar-refractivity contribution in [2.45, 2.75) is 56.8 Å². The van der Waals surface area contributed by atoms with Gasteiger partial charge in [0.1, 0.15) is 0 Å². The molecule has 1 aromatic carbocycles. The molecule has 5 heteroatoms. The van der Waals surface area contributed by atoms with Crippen molar-refractivity contribution in [3.05, 3.63) is 34.9 Å². The summed E-state index contributed by atoms with van der Waals surface area (Å²) < 4.78 is 0. The van der Waals surface area contributed by atoms with Crippen LogP contribution in [-0.2, 0) is 15.0 Å². The Morgan fingerprint density at radius 2 is 1.76 bits per heavy atom. The minimum atomic E-state index is 0.0421. The molecule has 2 aliphatic carbocycles. The van der Waals surface area contributed by atoms with Crippen molar-refractivity contribution in [2.75, 3.05) is 13.1 Å². The second-order valence-electron chi connectivity index (χ2n) is 7.44. The molecule has 2 aliphatic rings. The summed E-state index contributed by atoms with van der Waals surface area (Å²) in [6.45, 7) is 1.27. The summed E-state index contributed by atoms with van der Waals surface area (Å²) in [5, 5.41) is 6.77. The molecule has 0 bridgehead atoms. The van der Waals surface area contributed by atoms with E-state index in [1.165, 1.54) is 18.4 Å². The minimum absolute atomic E-state index is 0.0421. The fraction of sp³-hybridized carbons (Fsp3) is 0.600. The van der Waals surface area contributed by atoms with E-state index in [2.05, 4.69) is 22.8 Å². The molecule has 0 heterocycles. The van der Waals surface area contributed by atoms with Gasteiger partial charge in [-0.1, -0.05) is 36.6 Å². The first kappa shape index (κ1) is 18.2. The molecule has 2 N–H and O–H groups in total. The lowest BCUT2D eigenvalue weighted by Gasteiger charge is -2.30. The smallest absolute Gasteiger partial charge is 0.223 e. The molecule has 1 aromatic rings. The topological polar surface area (TPSA) is 58.2 Å². The van der Waals surface area contributed by atoms with E-state index < -0.39 is 0 Å². The highest BCUT2D eigenvalue weighted by molar-refractivity contribution is 6.30. The van der Waals surface area contributed by atoms with Crippen molar-refractivity contribution >= 4 is 23.4 Å². The van der Waals surface area contributed by atoms with Crippen LogP contribution in [0.4, 0.5) is 0 Å². The zero-order chi connectivity index (χ0) is 17.7. The lowest BCUT2D eigenvalue weighted by Crippen LogP contribution is -2.39. The van der Waals surface area contributed by atoms with Crippen molar-refractivity contribution in [2.24, 2.45) is 5.92 Å². The molecular weight excluding hydrogens is 336 g/mol. The summed E-state index contributed by atoms with van der Waals surface area (Å²) in [4.78, 5) is 23.7. The zero-order valence-electron chi connectivity index (χ0n) is 14.7. The van der Waals surface area contributed by atoms with Crippen LogP contribution in [0.1, 0.15) is 56.9 Å². The fourth-order valence-electron chi connectivity index (χ4n) is 3.73. The van der Waals surface area contributed by atoms with Gasteiger partial charge in [0.05, 0.1) is 0 Å². The van der Waals surface area contributed by atoms with E-state index in [1.54, 1.807) is 0 Å². The summed E-state index contributed by atoms with van der Waals surface area (Å²) >= 11 is 6.01. The van der Waals surface area contributed by atoms with Crippen LogP contribution >= 0.6 is 11.6 Å². The van der Waals surface area contributed by atoms with Gasteiger partial charge in [-0.25, -0.2) is 0 Å². The number of carbonyl (C=O) groups is 2. The van der Waals surface area contributed by atoms with E-state index in [9.17, 15) is 9.59 Å². The van der Waals surface area contributed by atoms with Crippen LogP contribution < -0.4 is 10.6 Å². The second-order valence-corrected chi connectivity index (χ2v) is 7.88. The lowest BCUT2D eigenvalue weighted by molar-refractivity contribution is -0.123. The fourth-order valence-corrected chi connectivity index (χ4v) is 3.86. The number of amides is 2. The Kier molecular flexibility index (Phi) is 6.00. The maximum Gasteiger partial charge on any atom is 0.223 e. The van der Waals surface area contributed by atoms with Crippen LogP contribution in [0.3, 0.4) is 0 Å². The molecule has 2 fully saturated rings. The third-order valence-electron chi connectivity index (χ3n) is 5.47. The van der Waals surface area contributed by atoms with Gasteiger partial charge in [0.15, 0.2) is 0 Å². The van der Waals surface area contributed by atoms with Gasteiger partial charge in [0, 0.05) is 35.9 Å². The third-order valence-corrected chi connectivity index (χ3v) is 5.72. The van der Waals surface area contributed by atoms with E-state index in [4.69, 9.17) is 11.6 Å². The van der Waals surface area contributed by atoms with Crippen molar-refractivity contribution < 1.29 is 9.59 Å². The maximum atomic E-state index is 12.2. The molecule has 0 spiro atoms. The number of carbonyl (C=O) groups excluding carboxylic acids is 2. The summed E-state index contributed by atoms with van der Waals surface area (Å²) in [6, 6.07) is 8.04. The Balaban J connectivity index is 1.44. The van der Waals surface area contributed by atoms with Gasteiger partial charge in [0.2, 0.25) is 11.8 Å². The lowest BCUT2D eigenvalue weighted by atomic mass is 9.79. The van der Waals surface area contributed by atoms with Crippen LogP contribution in [0.5, 0.6) is 0 Å². The highest BCUT2D eigenvalue weighted by Crippen LogP contribution is 2.40. The molecule has 0 unspecified atom stereocenters. The van der Waals surface area contributed by atoms with E-state index in [1.807, 2.05) is 12.1 Å². The third kappa shape index (κ3) is 4.97. The predicted octanol–water partition coefficient (Wildman–Crippen LogP) is 3.57. The molecule has 2 saturated carbocycles. The van der Waals surface area contributed by atoms with Gasteiger partial charge in [-0.05, 0) is 49.8 Å². The first-order valence-electron chi connectivity index (χ1n) is 9.40. The Bertz CT molecular complexity index is 605. The molecule has 136 valence electrons.